The standard InChI is InChI=1S/C32H28N2O4/c35-29(21-34-31(36)27-14-6-7-15-28(27)32(34)37)33(20-25-12-8-18-38-25)30-24(19-22-9-2-1-3-10-22)17-16-23-11-4-5-13-26(23)30/h1-15,18,24,30H,16-17,19-21H2. The summed E-state index contributed by atoms with van der Waals surface area (Å²) >= 11 is 0. The zero-order valence-electron chi connectivity index (χ0n) is 21.0. The van der Waals surface area contributed by atoms with E-state index in [0.29, 0.717) is 16.9 Å². The average molecular weight is 505 g/mol. The van der Waals surface area contributed by atoms with Crippen LogP contribution in [0.2, 0.25) is 0 Å². The number of hydrogen-bond donors (Lipinski definition) is 0. The summed E-state index contributed by atoms with van der Waals surface area (Å²) < 4.78 is 5.67. The summed E-state index contributed by atoms with van der Waals surface area (Å²) in [6, 6.07) is 28.7. The lowest BCUT2D eigenvalue weighted by Gasteiger charge is -2.41. The first-order chi connectivity index (χ1) is 18.6. The van der Waals surface area contributed by atoms with E-state index >= 15 is 0 Å². The SMILES string of the molecule is O=C1c2ccccc2C(=O)N1CC(=O)N(Cc1ccco1)C1c2ccccc2CCC1Cc1ccccc1. The van der Waals surface area contributed by atoms with Crippen molar-refractivity contribution < 1.29 is 18.8 Å². The smallest absolute Gasteiger partial charge is 0.262 e. The fourth-order valence-corrected chi connectivity index (χ4v) is 5.88. The molecule has 0 radical (unpaired) electrons. The Kier molecular flexibility index (Phi) is 6.38. The van der Waals surface area contributed by atoms with E-state index in [2.05, 4.69) is 24.3 Å². The van der Waals surface area contributed by atoms with Crippen LogP contribution in [-0.4, -0.2) is 34.1 Å². The van der Waals surface area contributed by atoms with Crippen molar-refractivity contribution in [2.75, 3.05) is 6.54 Å². The van der Waals surface area contributed by atoms with Crippen molar-refractivity contribution in [2.45, 2.75) is 31.8 Å². The lowest BCUT2D eigenvalue weighted by molar-refractivity contribution is -0.136. The highest BCUT2D eigenvalue weighted by Gasteiger charge is 2.41. The molecule has 4 aromatic rings. The van der Waals surface area contributed by atoms with E-state index in [1.807, 2.05) is 41.3 Å². The van der Waals surface area contributed by atoms with Crippen LogP contribution in [0.1, 0.15) is 55.6 Å². The molecule has 0 saturated carbocycles. The molecule has 3 amide bonds. The van der Waals surface area contributed by atoms with Crippen LogP contribution in [0.25, 0.3) is 0 Å². The second kappa shape index (κ2) is 10.1. The molecule has 1 aromatic heterocycles. The molecule has 38 heavy (non-hydrogen) atoms. The van der Waals surface area contributed by atoms with Crippen molar-refractivity contribution in [1.29, 1.82) is 0 Å². The highest BCUT2D eigenvalue weighted by atomic mass is 16.3. The van der Waals surface area contributed by atoms with E-state index in [0.717, 1.165) is 29.7 Å². The van der Waals surface area contributed by atoms with E-state index in [1.54, 1.807) is 36.6 Å². The third kappa shape index (κ3) is 4.43. The number of carbonyl (C=O) groups is 3. The van der Waals surface area contributed by atoms with E-state index < -0.39 is 11.8 Å². The number of benzene rings is 3. The molecule has 2 unspecified atom stereocenters. The normalized spacial score (nSPS) is 18.3. The van der Waals surface area contributed by atoms with E-state index in [1.165, 1.54) is 11.1 Å². The first kappa shape index (κ1) is 23.9. The number of furan rings is 1. The Hall–Kier alpha value is -4.45. The number of amides is 3. The summed E-state index contributed by atoms with van der Waals surface area (Å²) in [4.78, 5) is 43.2. The minimum Gasteiger partial charge on any atom is -0.467 e. The summed E-state index contributed by atoms with van der Waals surface area (Å²) in [5.41, 5.74) is 4.23. The molecule has 0 N–H and O–H groups in total. The van der Waals surface area contributed by atoms with Gasteiger partial charge in [-0.1, -0.05) is 66.7 Å². The highest BCUT2D eigenvalue weighted by Crippen LogP contribution is 2.41. The molecular formula is C32H28N2O4. The van der Waals surface area contributed by atoms with Gasteiger partial charge in [0, 0.05) is 0 Å². The molecule has 0 bridgehead atoms. The molecule has 6 nitrogen and oxygen atoms in total. The molecule has 1 aliphatic heterocycles. The third-order valence-electron chi connectivity index (χ3n) is 7.68. The molecule has 0 fully saturated rings. The first-order valence-electron chi connectivity index (χ1n) is 13.0. The molecule has 6 rings (SSSR count). The van der Waals surface area contributed by atoms with Gasteiger partial charge in [-0.2, -0.15) is 0 Å². The monoisotopic (exact) mass is 504 g/mol. The second-order valence-corrected chi connectivity index (χ2v) is 9.98. The number of carbonyl (C=O) groups excluding carboxylic acids is 3. The van der Waals surface area contributed by atoms with Gasteiger partial charge in [-0.25, -0.2) is 0 Å². The van der Waals surface area contributed by atoms with Crippen molar-refractivity contribution in [2.24, 2.45) is 5.92 Å². The molecule has 190 valence electrons. The van der Waals surface area contributed by atoms with Crippen LogP contribution in [-0.2, 0) is 24.2 Å². The zero-order chi connectivity index (χ0) is 26.1. The lowest BCUT2D eigenvalue weighted by Crippen LogP contribution is -2.46. The maximum atomic E-state index is 14.1. The quantitative estimate of drug-likeness (QED) is 0.314. The molecule has 1 aliphatic carbocycles. The van der Waals surface area contributed by atoms with Gasteiger partial charge in [-0.05, 0) is 66.1 Å². The predicted molar refractivity (Wildman–Crippen MR) is 142 cm³/mol. The lowest BCUT2D eigenvalue weighted by atomic mass is 9.76. The zero-order valence-corrected chi connectivity index (χ0v) is 21.0. The van der Waals surface area contributed by atoms with Gasteiger partial charge < -0.3 is 9.32 Å². The number of rotatable bonds is 7. The van der Waals surface area contributed by atoms with Crippen LogP contribution in [0.5, 0.6) is 0 Å². The Bertz CT molecular complexity index is 1440. The van der Waals surface area contributed by atoms with Crippen LogP contribution in [0.4, 0.5) is 0 Å². The largest absolute Gasteiger partial charge is 0.467 e. The van der Waals surface area contributed by atoms with Gasteiger partial charge in [0.05, 0.1) is 30.0 Å². The molecule has 0 saturated heterocycles. The summed E-state index contributed by atoms with van der Waals surface area (Å²) in [5, 5.41) is 0. The summed E-state index contributed by atoms with van der Waals surface area (Å²) in [6.45, 7) is -0.0664. The molecule has 2 aliphatic rings. The number of fused-ring (bicyclic) bond motifs is 2. The molecule has 3 aromatic carbocycles. The Morgan fingerprint density at radius 2 is 1.53 bits per heavy atom. The fourth-order valence-electron chi connectivity index (χ4n) is 5.88. The Morgan fingerprint density at radius 3 is 2.24 bits per heavy atom. The fraction of sp³-hybridized carbons (Fsp3) is 0.219. The first-order valence-corrected chi connectivity index (χ1v) is 13.0. The summed E-state index contributed by atoms with van der Waals surface area (Å²) in [7, 11) is 0. The maximum absolute atomic E-state index is 14.1. The molecule has 2 atom stereocenters. The topological polar surface area (TPSA) is 70.8 Å². The number of hydrogen-bond acceptors (Lipinski definition) is 4. The van der Waals surface area contributed by atoms with Crippen molar-refractivity contribution >= 4 is 17.7 Å². The van der Waals surface area contributed by atoms with Crippen LogP contribution in [0, 0.1) is 5.92 Å². The van der Waals surface area contributed by atoms with Gasteiger partial charge in [0.1, 0.15) is 12.3 Å². The third-order valence-corrected chi connectivity index (χ3v) is 7.68. The van der Waals surface area contributed by atoms with Gasteiger partial charge in [0.25, 0.3) is 11.8 Å². The van der Waals surface area contributed by atoms with E-state index in [9.17, 15) is 14.4 Å². The van der Waals surface area contributed by atoms with Crippen LogP contribution in [0.3, 0.4) is 0 Å². The van der Waals surface area contributed by atoms with Crippen LogP contribution < -0.4 is 0 Å². The van der Waals surface area contributed by atoms with Crippen molar-refractivity contribution in [3.05, 3.63) is 131 Å². The average Bonchev–Trinajstić information content (AvgIpc) is 3.55. The molecule has 2 heterocycles. The van der Waals surface area contributed by atoms with Gasteiger partial charge in [-0.15, -0.1) is 0 Å². The highest BCUT2D eigenvalue weighted by molar-refractivity contribution is 6.22. The van der Waals surface area contributed by atoms with Gasteiger partial charge >= 0.3 is 0 Å². The molecule has 6 heteroatoms. The minimum atomic E-state index is -0.429. The Morgan fingerprint density at radius 1 is 0.842 bits per heavy atom. The summed E-state index contributed by atoms with van der Waals surface area (Å²) in [6.07, 6.45) is 4.27. The Balaban J connectivity index is 1.37. The van der Waals surface area contributed by atoms with E-state index in [4.69, 9.17) is 4.42 Å². The second-order valence-electron chi connectivity index (χ2n) is 9.98. The minimum absolute atomic E-state index is 0.161. The number of aryl methyl sites for hydroxylation is 1. The number of nitrogens with zero attached hydrogens (tertiary/aromatic N) is 2. The van der Waals surface area contributed by atoms with Crippen molar-refractivity contribution in [3.63, 3.8) is 0 Å². The van der Waals surface area contributed by atoms with Crippen molar-refractivity contribution in [3.8, 4) is 0 Å². The predicted octanol–water partition coefficient (Wildman–Crippen LogP) is 5.45. The van der Waals surface area contributed by atoms with E-state index in [-0.39, 0.29) is 31.0 Å². The molecule has 0 spiro atoms. The Labute approximate surface area is 221 Å². The summed E-state index contributed by atoms with van der Waals surface area (Å²) in [5.74, 6) is -0.324. The van der Waals surface area contributed by atoms with Gasteiger partial charge in [0.2, 0.25) is 5.91 Å². The van der Waals surface area contributed by atoms with Crippen LogP contribution in [0.15, 0.2) is 102 Å². The van der Waals surface area contributed by atoms with Crippen LogP contribution >= 0.6 is 0 Å². The van der Waals surface area contributed by atoms with Crippen molar-refractivity contribution in [1.82, 2.24) is 9.80 Å². The maximum Gasteiger partial charge on any atom is 0.262 e. The molecular weight excluding hydrogens is 476 g/mol. The number of imide groups is 1. The van der Waals surface area contributed by atoms with Gasteiger partial charge in [-0.3, -0.25) is 19.3 Å². The van der Waals surface area contributed by atoms with Gasteiger partial charge in [0.15, 0.2) is 0 Å².